The fourth-order valence-corrected chi connectivity index (χ4v) is 1.59. The second kappa shape index (κ2) is 4.35. The standard InChI is InChI=1S/C12H13NO3/c14-11(15)8-13(12(16)9-6-7-9)10-4-2-1-3-5-10/h1-5,9H,6-8H2,(H,14,15). The van der Waals surface area contributed by atoms with Crippen molar-refractivity contribution in [2.75, 3.05) is 11.4 Å². The number of rotatable bonds is 4. The SMILES string of the molecule is O=C(O)CN(C(=O)C1CC1)c1ccccc1. The molecule has 4 heteroatoms. The number of anilines is 1. The van der Waals surface area contributed by atoms with Crippen molar-refractivity contribution in [3.63, 3.8) is 0 Å². The monoisotopic (exact) mass is 219 g/mol. The zero-order chi connectivity index (χ0) is 11.5. The first-order valence-electron chi connectivity index (χ1n) is 5.26. The zero-order valence-electron chi connectivity index (χ0n) is 8.80. The van der Waals surface area contributed by atoms with E-state index in [9.17, 15) is 9.59 Å². The third-order valence-corrected chi connectivity index (χ3v) is 2.55. The maximum absolute atomic E-state index is 11.9. The Labute approximate surface area is 93.5 Å². The molecule has 1 saturated carbocycles. The van der Waals surface area contributed by atoms with E-state index in [0.29, 0.717) is 5.69 Å². The van der Waals surface area contributed by atoms with Gasteiger partial charge >= 0.3 is 5.97 Å². The van der Waals surface area contributed by atoms with Gasteiger partial charge in [0.2, 0.25) is 5.91 Å². The van der Waals surface area contributed by atoms with Crippen molar-refractivity contribution in [1.82, 2.24) is 0 Å². The molecule has 1 aromatic rings. The Bertz CT molecular complexity index is 398. The number of carboxylic acids is 1. The number of para-hydroxylation sites is 1. The van der Waals surface area contributed by atoms with E-state index in [1.807, 2.05) is 6.07 Å². The second-order valence-electron chi connectivity index (χ2n) is 3.93. The highest BCUT2D eigenvalue weighted by atomic mass is 16.4. The maximum Gasteiger partial charge on any atom is 0.323 e. The topological polar surface area (TPSA) is 57.6 Å². The molecule has 2 rings (SSSR count). The predicted octanol–water partition coefficient (Wildman–Crippen LogP) is 1.51. The summed E-state index contributed by atoms with van der Waals surface area (Å²) in [5.74, 6) is -1.04. The lowest BCUT2D eigenvalue weighted by Gasteiger charge is -2.20. The van der Waals surface area contributed by atoms with Crippen LogP contribution in [0.1, 0.15) is 12.8 Å². The van der Waals surface area contributed by atoms with Gasteiger partial charge in [-0.05, 0) is 25.0 Å². The van der Waals surface area contributed by atoms with Gasteiger partial charge in [0, 0.05) is 11.6 Å². The lowest BCUT2D eigenvalue weighted by atomic mass is 10.2. The van der Waals surface area contributed by atoms with Crippen LogP contribution in [0.4, 0.5) is 5.69 Å². The summed E-state index contributed by atoms with van der Waals surface area (Å²) >= 11 is 0. The molecule has 1 fully saturated rings. The van der Waals surface area contributed by atoms with E-state index >= 15 is 0 Å². The summed E-state index contributed by atoms with van der Waals surface area (Å²) in [7, 11) is 0. The molecular weight excluding hydrogens is 206 g/mol. The minimum Gasteiger partial charge on any atom is -0.480 e. The van der Waals surface area contributed by atoms with Gasteiger partial charge in [-0.25, -0.2) is 0 Å². The van der Waals surface area contributed by atoms with Gasteiger partial charge in [0.15, 0.2) is 0 Å². The van der Waals surface area contributed by atoms with Crippen LogP contribution in [0.3, 0.4) is 0 Å². The van der Waals surface area contributed by atoms with E-state index in [1.54, 1.807) is 24.3 Å². The molecule has 0 atom stereocenters. The first-order valence-corrected chi connectivity index (χ1v) is 5.26. The average Bonchev–Trinajstić information content (AvgIpc) is 3.10. The molecule has 1 aliphatic rings. The summed E-state index contributed by atoms with van der Waals surface area (Å²) < 4.78 is 0. The first kappa shape index (κ1) is 10.7. The third kappa shape index (κ3) is 2.39. The Morgan fingerprint density at radius 1 is 1.25 bits per heavy atom. The van der Waals surface area contributed by atoms with Gasteiger partial charge in [0.1, 0.15) is 6.54 Å². The van der Waals surface area contributed by atoms with Crippen molar-refractivity contribution in [1.29, 1.82) is 0 Å². The molecule has 0 spiro atoms. The van der Waals surface area contributed by atoms with Crippen molar-refractivity contribution in [2.24, 2.45) is 5.92 Å². The summed E-state index contributed by atoms with van der Waals surface area (Å²) in [4.78, 5) is 24.0. The van der Waals surface area contributed by atoms with Crippen molar-refractivity contribution in [3.8, 4) is 0 Å². The number of benzene rings is 1. The molecule has 84 valence electrons. The Hall–Kier alpha value is -1.84. The lowest BCUT2D eigenvalue weighted by Crippen LogP contribution is -2.36. The molecule has 0 heterocycles. The van der Waals surface area contributed by atoms with Gasteiger partial charge in [0.25, 0.3) is 0 Å². The molecule has 1 N–H and O–H groups in total. The molecular formula is C12H13NO3. The molecule has 0 unspecified atom stereocenters. The molecule has 0 bridgehead atoms. The molecule has 0 saturated heterocycles. The largest absolute Gasteiger partial charge is 0.480 e. The van der Waals surface area contributed by atoms with E-state index in [4.69, 9.17) is 5.11 Å². The van der Waals surface area contributed by atoms with Crippen LogP contribution in [0.25, 0.3) is 0 Å². The fourth-order valence-electron chi connectivity index (χ4n) is 1.59. The number of carbonyl (C=O) groups excluding carboxylic acids is 1. The van der Waals surface area contributed by atoms with Crippen molar-refractivity contribution in [3.05, 3.63) is 30.3 Å². The summed E-state index contributed by atoms with van der Waals surface area (Å²) in [5, 5.41) is 8.80. The van der Waals surface area contributed by atoms with Crippen LogP contribution in [0.15, 0.2) is 30.3 Å². The highest BCUT2D eigenvalue weighted by Gasteiger charge is 2.34. The highest BCUT2D eigenvalue weighted by molar-refractivity contribution is 5.99. The van der Waals surface area contributed by atoms with E-state index in [1.165, 1.54) is 4.90 Å². The average molecular weight is 219 g/mol. The van der Waals surface area contributed by atoms with Crippen LogP contribution in [-0.2, 0) is 9.59 Å². The van der Waals surface area contributed by atoms with E-state index in [-0.39, 0.29) is 18.4 Å². The van der Waals surface area contributed by atoms with Crippen LogP contribution < -0.4 is 4.90 Å². The summed E-state index contributed by atoms with van der Waals surface area (Å²) in [6.07, 6.45) is 1.75. The van der Waals surface area contributed by atoms with Crippen LogP contribution >= 0.6 is 0 Å². The van der Waals surface area contributed by atoms with Gasteiger partial charge in [0.05, 0.1) is 0 Å². The molecule has 4 nitrogen and oxygen atoms in total. The minimum absolute atomic E-state index is 0.0274. The second-order valence-corrected chi connectivity index (χ2v) is 3.93. The van der Waals surface area contributed by atoms with E-state index < -0.39 is 5.97 Å². The quantitative estimate of drug-likeness (QED) is 0.835. The molecule has 1 aromatic carbocycles. The third-order valence-electron chi connectivity index (χ3n) is 2.55. The van der Waals surface area contributed by atoms with Gasteiger partial charge < -0.3 is 10.0 Å². The Morgan fingerprint density at radius 2 is 1.88 bits per heavy atom. The lowest BCUT2D eigenvalue weighted by molar-refractivity contribution is -0.136. The van der Waals surface area contributed by atoms with E-state index in [2.05, 4.69) is 0 Å². The minimum atomic E-state index is -0.988. The molecule has 1 aliphatic carbocycles. The van der Waals surface area contributed by atoms with Crippen LogP contribution in [-0.4, -0.2) is 23.5 Å². The van der Waals surface area contributed by atoms with Gasteiger partial charge in [-0.15, -0.1) is 0 Å². The van der Waals surface area contributed by atoms with Crippen molar-refractivity contribution in [2.45, 2.75) is 12.8 Å². The number of amides is 1. The Balaban J connectivity index is 2.20. The number of hydrogen-bond acceptors (Lipinski definition) is 2. The van der Waals surface area contributed by atoms with E-state index in [0.717, 1.165) is 12.8 Å². The number of aliphatic carboxylic acids is 1. The summed E-state index contributed by atoms with van der Waals surface area (Å²) in [6.45, 7) is -0.265. The number of nitrogens with zero attached hydrogens (tertiary/aromatic N) is 1. The molecule has 0 aliphatic heterocycles. The van der Waals surface area contributed by atoms with Gasteiger partial charge in [-0.1, -0.05) is 18.2 Å². The highest BCUT2D eigenvalue weighted by Crippen LogP contribution is 2.32. The fraction of sp³-hybridized carbons (Fsp3) is 0.333. The van der Waals surface area contributed by atoms with Gasteiger partial charge in [-0.2, -0.15) is 0 Å². The molecule has 16 heavy (non-hydrogen) atoms. The molecule has 1 amide bonds. The van der Waals surface area contributed by atoms with Crippen LogP contribution in [0.2, 0.25) is 0 Å². The van der Waals surface area contributed by atoms with Crippen molar-refractivity contribution < 1.29 is 14.7 Å². The first-order chi connectivity index (χ1) is 7.68. The summed E-state index contributed by atoms with van der Waals surface area (Å²) in [6, 6.07) is 8.94. The number of carboxylic acid groups (broad SMARTS) is 1. The Kier molecular flexibility index (Phi) is 2.90. The van der Waals surface area contributed by atoms with Gasteiger partial charge in [-0.3, -0.25) is 9.59 Å². The predicted molar refractivity (Wildman–Crippen MR) is 59.2 cm³/mol. The smallest absolute Gasteiger partial charge is 0.323 e. The normalized spacial score (nSPS) is 14.5. The number of hydrogen-bond donors (Lipinski definition) is 1. The maximum atomic E-state index is 11.9. The van der Waals surface area contributed by atoms with Crippen LogP contribution in [0, 0.1) is 5.92 Å². The summed E-state index contributed by atoms with van der Waals surface area (Å²) in [5.41, 5.74) is 0.654. The molecule has 0 aromatic heterocycles. The number of carbonyl (C=O) groups is 2. The van der Waals surface area contributed by atoms with Crippen LogP contribution in [0.5, 0.6) is 0 Å². The Morgan fingerprint density at radius 3 is 2.38 bits per heavy atom. The zero-order valence-corrected chi connectivity index (χ0v) is 8.80. The van der Waals surface area contributed by atoms with Crippen molar-refractivity contribution >= 4 is 17.6 Å². The molecule has 0 radical (unpaired) electrons.